The lowest BCUT2D eigenvalue weighted by Crippen LogP contribution is -2.28. The molecule has 0 radical (unpaired) electrons. The fourth-order valence-electron chi connectivity index (χ4n) is 1.49. The SMILES string of the molecule is COCCOCCNC(=O)c1ccc(C#CCO)cc1F. The van der Waals surface area contributed by atoms with Crippen LogP contribution in [0.3, 0.4) is 0 Å². The van der Waals surface area contributed by atoms with Gasteiger partial charge >= 0.3 is 0 Å². The molecule has 21 heavy (non-hydrogen) atoms. The molecule has 1 rings (SSSR count). The van der Waals surface area contributed by atoms with Crippen LogP contribution in [-0.4, -0.2) is 51.1 Å². The summed E-state index contributed by atoms with van der Waals surface area (Å²) in [6, 6.07) is 4.04. The van der Waals surface area contributed by atoms with Gasteiger partial charge in [-0.25, -0.2) is 4.39 Å². The Bertz CT molecular complexity index is 522. The molecule has 1 aromatic rings. The van der Waals surface area contributed by atoms with Crippen LogP contribution in [0.1, 0.15) is 15.9 Å². The van der Waals surface area contributed by atoms with E-state index < -0.39 is 11.7 Å². The topological polar surface area (TPSA) is 67.8 Å². The van der Waals surface area contributed by atoms with Crippen LogP contribution in [0.15, 0.2) is 18.2 Å². The van der Waals surface area contributed by atoms with Crippen LogP contribution in [0.5, 0.6) is 0 Å². The third kappa shape index (κ3) is 6.36. The average Bonchev–Trinajstić information content (AvgIpc) is 2.48. The number of ether oxygens (including phenoxy) is 2. The number of hydrogen-bond acceptors (Lipinski definition) is 4. The summed E-state index contributed by atoms with van der Waals surface area (Å²) < 4.78 is 23.7. The Hall–Kier alpha value is -1.94. The van der Waals surface area contributed by atoms with Gasteiger partial charge < -0.3 is 19.9 Å². The van der Waals surface area contributed by atoms with E-state index in [0.717, 1.165) is 6.07 Å². The van der Waals surface area contributed by atoms with E-state index in [9.17, 15) is 9.18 Å². The molecule has 0 fully saturated rings. The summed E-state index contributed by atoms with van der Waals surface area (Å²) in [4.78, 5) is 11.8. The monoisotopic (exact) mass is 295 g/mol. The van der Waals surface area contributed by atoms with Crippen LogP contribution >= 0.6 is 0 Å². The number of aliphatic hydroxyl groups excluding tert-OH is 1. The van der Waals surface area contributed by atoms with Gasteiger partial charge in [0.15, 0.2) is 0 Å². The van der Waals surface area contributed by atoms with Gasteiger partial charge in [0.1, 0.15) is 12.4 Å². The zero-order valence-corrected chi connectivity index (χ0v) is 11.8. The maximum absolute atomic E-state index is 13.8. The minimum Gasteiger partial charge on any atom is -0.384 e. The Morgan fingerprint density at radius 1 is 1.38 bits per heavy atom. The minimum atomic E-state index is -0.655. The first-order valence-electron chi connectivity index (χ1n) is 6.43. The van der Waals surface area contributed by atoms with E-state index in [1.54, 1.807) is 7.11 Å². The van der Waals surface area contributed by atoms with Gasteiger partial charge in [-0.15, -0.1) is 0 Å². The molecule has 1 aromatic carbocycles. The number of aliphatic hydroxyl groups is 1. The molecule has 0 atom stereocenters. The molecule has 2 N–H and O–H groups in total. The normalized spacial score (nSPS) is 9.86. The van der Waals surface area contributed by atoms with E-state index in [2.05, 4.69) is 17.2 Å². The summed E-state index contributed by atoms with van der Waals surface area (Å²) in [5.74, 6) is 3.82. The quantitative estimate of drug-likeness (QED) is 0.570. The number of nitrogens with one attached hydrogen (secondary N) is 1. The van der Waals surface area contributed by atoms with Gasteiger partial charge in [0.25, 0.3) is 5.91 Å². The molecule has 6 heteroatoms. The molecule has 0 saturated carbocycles. The third-order valence-corrected chi connectivity index (χ3v) is 2.49. The molecule has 0 aromatic heterocycles. The smallest absolute Gasteiger partial charge is 0.254 e. The number of carbonyl (C=O) groups excluding carboxylic acids is 1. The van der Waals surface area contributed by atoms with Crippen molar-refractivity contribution in [2.75, 3.05) is 40.1 Å². The summed E-state index contributed by atoms with van der Waals surface area (Å²) in [6.45, 7) is 1.25. The van der Waals surface area contributed by atoms with Gasteiger partial charge in [-0.05, 0) is 18.2 Å². The average molecular weight is 295 g/mol. The Morgan fingerprint density at radius 3 is 2.86 bits per heavy atom. The van der Waals surface area contributed by atoms with Crippen molar-refractivity contribution >= 4 is 5.91 Å². The second kappa shape index (κ2) is 9.88. The highest BCUT2D eigenvalue weighted by molar-refractivity contribution is 5.94. The van der Waals surface area contributed by atoms with Gasteiger partial charge in [0.05, 0.1) is 25.4 Å². The van der Waals surface area contributed by atoms with E-state index in [-0.39, 0.29) is 18.7 Å². The van der Waals surface area contributed by atoms with Crippen LogP contribution < -0.4 is 5.32 Å². The van der Waals surface area contributed by atoms with Crippen LogP contribution in [0.2, 0.25) is 0 Å². The Morgan fingerprint density at radius 2 is 2.19 bits per heavy atom. The number of hydrogen-bond donors (Lipinski definition) is 2. The number of benzene rings is 1. The maximum atomic E-state index is 13.8. The second-order valence-electron chi connectivity index (χ2n) is 4.02. The molecule has 0 bridgehead atoms. The Balaban J connectivity index is 2.47. The first-order valence-corrected chi connectivity index (χ1v) is 6.43. The van der Waals surface area contributed by atoms with Gasteiger partial charge in [-0.1, -0.05) is 11.8 Å². The zero-order valence-electron chi connectivity index (χ0n) is 11.8. The highest BCUT2D eigenvalue weighted by atomic mass is 19.1. The fraction of sp³-hybridized carbons (Fsp3) is 0.400. The maximum Gasteiger partial charge on any atom is 0.254 e. The summed E-state index contributed by atoms with van der Waals surface area (Å²) in [5.41, 5.74) is 0.349. The largest absolute Gasteiger partial charge is 0.384 e. The van der Waals surface area contributed by atoms with E-state index in [0.29, 0.717) is 25.4 Å². The Labute approximate surface area is 123 Å². The van der Waals surface area contributed by atoms with Crippen molar-refractivity contribution < 1.29 is 23.8 Å². The predicted octanol–water partition coefficient (Wildman–Crippen LogP) is 0.562. The standard InChI is InChI=1S/C15H18FNO4/c1-20-9-10-21-8-6-17-15(19)13-5-4-12(3-2-7-18)11-14(13)16/h4-5,11,18H,6-10H2,1H3,(H,17,19). The molecular formula is C15H18FNO4. The van der Waals surface area contributed by atoms with Gasteiger partial charge in [0, 0.05) is 19.2 Å². The number of carbonyl (C=O) groups is 1. The molecule has 5 nitrogen and oxygen atoms in total. The van der Waals surface area contributed by atoms with Gasteiger partial charge in [-0.2, -0.15) is 0 Å². The van der Waals surface area contributed by atoms with Crippen LogP contribution in [-0.2, 0) is 9.47 Å². The summed E-state index contributed by atoms with van der Waals surface area (Å²) in [7, 11) is 1.57. The highest BCUT2D eigenvalue weighted by Crippen LogP contribution is 2.09. The lowest BCUT2D eigenvalue weighted by atomic mass is 10.1. The molecule has 114 valence electrons. The highest BCUT2D eigenvalue weighted by Gasteiger charge is 2.11. The molecule has 0 aliphatic heterocycles. The third-order valence-electron chi connectivity index (χ3n) is 2.49. The summed E-state index contributed by atoms with van der Waals surface area (Å²) in [6.07, 6.45) is 0. The van der Waals surface area contributed by atoms with Crippen LogP contribution in [0.4, 0.5) is 4.39 Å². The molecule has 0 spiro atoms. The van der Waals surface area contributed by atoms with Crippen molar-refractivity contribution in [2.45, 2.75) is 0 Å². The second-order valence-corrected chi connectivity index (χ2v) is 4.02. The van der Waals surface area contributed by atoms with Crippen molar-refractivity contribution in [1.82, 2.24) is 5.32 Å². The number of halogens is 1. The van der Waals surface area contributed by atoms with Gasteiger partial charge in [-0.3, -0.25) is 4.79 Å². The van der Waals surface area contributed by atoms with Crippen LogP contribution in [0, 0.1) is 17.7 Å². The Kier molecular flexibility index (Phi) is 8.05. The van der Waals surface area contributed by atoms with Gasteiger partial charge in [0.2, 0.25) is 0 Å². The summed E-state index contributed by atoms with van der Waals surface area (Å²) >= 11 is 0. The minimum absolute atomic E-state index is 0.0542. The first kappa shape index (κ1) is 17.1. The van der Waals surface area contributed by atoms with E-state index >= 15 is 0 Å². The number of methoxy groups -OCH3 is 1. The molecule has 1 amide bonds. The fourth-order valence-corrected chi connectivity index (χ4v) is 1.49. The van der Waals surface area contributed by atoms with E-state index in [1.807, 2.05) is 0 Å². The molecule has 0 aliphatic rings. The molecule has 0 saturated heterocycles. The molecule has 0 unspecified atom stereocenters. The predicted molar refractivity (Wildman–Crippen MR) is 75.4 cm³/mol. The molecule has 0 heterocycles. The van der Waals surface area contributed by atoms with Crippen molar-refractivity contribution in [1.29, 1.82) is 0 Å². The van der Waals surface area contributed by atoms with Crippen LogP contribution in [0.25, 0.3) is 0 Å². The number of rotatable bonds is 7. The lowest BCUT2D eigenvalue weighted by molar-refractivity contribution is 0.0692. The first-order chi connectivity index (χ1) is 10.2. The van der Waals surface area contributed by atoms with Crippen molar-refractivity contribution in [2.24, 2.45) is 0 Å². The van der Waals surface area contributed by atoms with E-state index in [4.69, 9.17) is 14.6 Å². The molecular weight excluding hydrogens is 277 g/mol. The van der Waals surface area contributed by atoms with Crippen molar-refractivity contribution in [3.8, 4) is 11.8 Å². The zero-order chi connectivity index (χ0) is 15.5. The number of amides is 1. The van der Waals surface area contributed by atoms with E-state index in [1.165, 1.54) is 12.1 Å². The van der Waals surface area contributed by atoms with Crippen molar-refractivity contribution in [3.05, 3.63) is 35.1 Å². The summed E-state index contributed by atoms with van der Waals surface area (Å²) in [5, 5.41) is 11.1. The van der Waals surface area contributed by atoms with Crippen molar-refractivity contribution in [3.63, 3.8) is 0 Å². The molecule has 0 aliphatic carbocycles. The lowest BCUT2D eigenvalue weighted by Gasteiger charge is -2.07.